The molecule has 2 atom stereocenters. The maximum absolute atomic E-state index is 14.2. The summed E-state index contributed by atoms with van der Waals surface area (Å²) in [4.78, 5) is 13.5. The summed E-state index contributed by atoms with van der Waals surface area (Å²) in [6.45, 7) is 1.52. The molecule has 0 N–H and O–H groups in total. The molecule has 26 heavy (non-hydrogen) atoms. The number of ketones is 1. The Morgan fingerprint density at radius 2 is 2.04 bits per heavy atom. The third-order valence-corrected chi connectivity index (χ3v) is 4.78. The first-order valence-electron chi connectivity index (χ1n) is 8.28. The largest absolute Gasteiger partial charge is 0.361 e. The molecule has 4 nitrogen and oxygen atoms in total. The second-order valence-corrected chi connectivity index (χ2v) is 6.50. The fourth-order valence-corrected chi connectivity index (χ4v) is 3.55. The van der Waals surface area contributed by atoms with Crippen molar-refractivity contribution in [3.63, 3.8) is 0 Å². The van der Waals surface area contributed by atoms with Crippen molar-refractivity contribution in [2.45, 2.75) is 25.6 Å². The monoisotopic (exact) mass is 359 g/mol. The average Bonchev–Trinajstić information content (AvgIpc) is 3.19. The fraction of sp³-hybridized carbons (Fsp3) is 0.263. The van der Waals surface area contributed by atoms with Crippen LogP contribution in [0.2, 0.25) is 0 Å². The summed E-state index contributed by atoms with van der Waals surface area (Å²) in [5.41, 5.74) is 1.81. The van der Waals surface area contributed by atoms with Crippen LogP contribution in [-0.2, 0) is 0 Å². The maximum atomic E-state index is 14.2. The number of fused-ring (bicyclic) bond motifs is 1. The van der Waals surface area contributed by atoms with Crippen LogP contribution in [0.4, 0.5) is 18.9 Å². The van der Waals surface area contributed by atoms with Gasteiger partial charge in [-0.25, -0.2) is 17.7 Å². The number of anilines is 1. The van der Waals surface area contributed by atoms with Crippen LogP contribution in [-0.4, -0.2) is 28.1 Å². The Labute approximate surface area is 147 Å². The van der Waals surface area contributed by atoms with Gasteiger partial charge in [0.15, 0.2) is 5.78 Å². The number of hydrogen-bond acceptors (Lipinski definition) is 3. The molecular weight excluding hydrogens is 343 g/mol. The average molecular weight is 359 g/mol. The lowest BCUT2D eigenvalue weighted by Gasteiger charge is -2.27. The Hall–Kier alpha value is -2.83. The van der Waals surface area contributed by atoms with Crippen LogP contribution >= 0.6 is 0 Å². The fourth-order valence-electron chi connectivity index (χ4n) is 3.55. The molecule has 3 heterocycles. The molecular formula is C19H16F3N3O. The molecule has 0 saturated carbocycles. The van der Waals surface area contributed by atoms with E-state index in [4.69, 9.17) is 0 Å². The predicted molar refractivity (Wildman–Crippen MR) is 91.2 cm³/mol. The van der Waals surface area contributed by atoms with Crippen LogP contribution in [0.15, 0.2) is 42.7 Å². The number of halogens is 3. The van der Waals surface area contributed by atoms with E-state index in [9.17, 15) is 18.0 Å². The third kappa shape index (κ3) is 2.73. The van der Waals surface area contributed by atoms with E-state index in [0.29, 0.717) is 16.8 Å². The summed E-state index contributed by atoms with van der Waals surface area (Å²) < 4.78 is 43.6. The van der Waals surface area contributed by atoms with E-state index in [2.05, 4.69) is 5.10 Å². The van der Waals surface area contributed by atoms with E-state index >= 15 is 0 Å². The highest BCUT2D eigenvalue weighted by molar-refractivity contribution is 6.00. The molecule has 0 amide bonds. The van der Waals surface area contributed by atoms with Crippen molar-refractivity contribution in [3.8, 4) is 0 Å². The summed E-state index contributed by atoms with van der Waals surface area (Å²) in [5.74, 6) is -1.26. The van der Waals surface area contributed by atoms with Crippen LogP contribution < -0.4 is 4.90 Å². The summed E-state index contributed by atoms with van der Waals surface area (Å²) in [6.07, 6.45) is 2.06. The van der Waals surface area contributed by atoms with E-state index in [1.165, 1.54) is 13.1 Å². The van der Waals surface area contributed by atoms with Crippen molar-refractivity contribution in [1.82, 2.24) is 9.61 Å². The van der Waals surface area contributed by atoms with Crippen molar-refractivity contribution in [2.75, 3.05) is 11.4 Å². The van der Waals surface area contributed by atoms with E-state index in [1.807, 2.05) is 0 Å². The summed E-state index contributed by atoms with van der Waals surface area (Å²) in [6, 6.07) is 6.05. The molecule has 1 aliphatic rings. The van der Waals surface area contributed by atoms with Crippen LogP contribution in [0.25, 0.3) is 5.52 Å². The standard InChI is InChI=1S/C19H16F3N3O/c1-11(26)16-9-23-25-5-4-14(8-19(16)25)24-10-13(21)7-18(24)15-6-12(20)2-3-17(15)22/h2-6,8-9,13,18H,7,10H2,1H3/t13-,18+/m0/s1. The van der Waals surface area contributed by atoms with Crippen LogP contribution in [0.5, 0.6) is 0 Å². The van der Waals surface area contributed by atoms with Gasteiger partial charge in [-0.1, -0.05) is 0 Å². The van der Waals surface area contributed by atoms with Gasteiger partial charge in [0.2, 0.25) is 0 Å². The zero-order valence-electron chi connectivity index (χ0n) is 14.0. The Morgan fingerprint density at radius 3 is 2.81 bits per heavy atom. The van der Waals surface area contributed by atoms with Gasteiger partial charge >= 0.3 is 0 Å². The number of aromatic nitrogens is 2. The highest BCUT2D eigenvalue weighted by Gasteiger charge is 2.35. The number of hydrogen-bond donors (Lipinski definition) is 0. The molecule has 1 aromatic carbocycles. The summed E-state index contributed by atoms with van der Waals surface area (Å²) >= 11 is 0. The Kier molecular flexibility index (Phi) is 3.94. The van der Waals surface area contributed by atoms with Gasteiger partial charge < -0.3 is 4.90 Å². The van der Waals surface area contributed by atoms with Gasteiger partial charge in [-0.2, -0.15) is 5.10 Å². The molecule has 2 aromatic heterocycles. The molecule has 0 aliphatic carbocycles. The van der Waals surface area contributed by atoms with Gasteiger partial charge in [0.25, 0.3) is 0 Å². The topological polar surface area (TPSA) is 37.6 Å². The smallest absolute Gasteiger partial charge is 0.163 e. The number of carbonyl (C=O) groups excluding carboxylic acids is 1. The number of carbonyl (C=O) groups is 1. The second-order valence-electron chi connectivity index (χ2n) is 6.50. The minimum absolute atomic E-state index is 0.0698. The highest BCUT2D eigenvalue weighted by Crippen LogP contribution is 2.39. The molecule has 1 saturated heterocycles. The molecule has 0 spiro atoms. The van der Waals surface area contributed by atoms with Crippen LogP contribution in [0.1, 0.15) is 35.3 Å². The first kappa shape index (κ1) is 16.6. The van der Waals surface area contributed by atoms with Crippen LogP contribution in [0, 0.1) is 11.6 Å². The number of rotatable bonds is 3. The first-order valence-corrected chi connectivity index (χ1v) is 8.28. The van der Waals surface area contributed by atoms with Crippen molar-refractivity contribution in [3.05, 3.63) is 65.5 Å². The quantitative estimate of drug-likeness (QED) is 0.661. The number of pyridine rings is 1. The first-order chi connectivity index (χ1) is 12.4. The molecule has 134 valence electrons. The molecule has 0 bridgehead atoms. The molecule has 0 radical (unpaired) electrons. The maximum Gasteiger partial charge on any atom is 0.163 e. The SMILES string of the molecule is CC(=O)c1cnn2ccc(N3C[C@@H](F)C[C@@H]3c3cc(F)ccc3F)cc12. The van der Waals surface area contributed by atoms with E-state index < -0.39 is 23.8 Å². The minimum atomic E-state index is -1.16. The normalized spacial score (nSPS) is 20.1. The van der Waals surface area contributed by atoms with Crippen molar-refractivity contribution in [1.29, 1.82) is 0 Å². The van der Waals surface area contributed by atoms with Gasteiger partial charge in [-0.3, -0.25) is 4.79 Å². The highest BCUT2D eigenvalue weighted by atomic mass is 19.1. The van der Waals surface area contributed by atoms with Gasteiger partial charge in [0.1, 0.15) is 17.8 Å². The second kappa shape index (κ2) is 6.16. The molecule has 1 aliphatic heterocycles. The van der Waals surface area contributed by atoms with E-state index in [1.54, 1.807) is 27.7 Å². The zero-order chi connectivity index (χ0) is 18.4. The molecule has 4 rings (SSSR count). The Balaban J connectivity index is 1.80. The molecule has 0 unspecified atom stereocenters. The molecule has 1 fully saturated rings. The Morgan fingerprint density at radius 1 is 1.23 bits per heavy atom. The summed E-state index contributed by atoms with van der Waals surface area (Å²) in [7, 11) is 0. The molecule has 7 heteroatoms. The number of alkyl halides is 1. The van der Waals surface area contributed by atoms with Crippen molar-refractivity contribution in [2.24, 2.45) is 0 Å². The van der Waals surface area contributed by atoms with E-state index in [-0.39, 0.29) is 24.3 Å². The van der Waals surface area contributed by atoms with Gasteiger partial charge in [-0.15, -0.1) is 0 Å². The van der Waals surface area contributed by atoms with Crippen molar-refractivity contribution >= 4 is 17.0 Å². The van der Waals surface area contributed by atoms with E-state index in [0.717, 1.165) is 18.2 Å². The number of nitrogens with zero attached hydrogens (tertiary/aromatic N) is 3. The van der Waals surface area contributed by atoms with Crippen LogP contribution in [0.3, 0.4) is 0 Å². The number of benzene rings is 1. The van der Waals surface area contributed by atoms with Gasteiger partial charge in [0.05, 0.1) is 23.3 Å². The van der Waals surface area contributed by atoms with Gasteiger partial charge in [-0.05, 0) is 37.3 Å². The lowest BCUT2D eigenvalue weighted by Crippen LogP contribution is -2.24. The summed E-state index contributed by atoms with van der Waals surface area (Å²) in [5, 5.41) is 4.12. The predicted octanol–water partition coefficient (Wildman–Crippen LogP) is 4.10. The van der Waals surface area contributed by atoms with Crippen molar-refractivity contribution < 1.29 is 18.0 Å². The van der Waals surface area contributed by atoms with Gasteiger partial charge in [0, 0.05) is 30.4 Å². The molecule has 3 aromatic rings. The lowest BCUT2D eigenvalue weighted by atomic mass is 10.0. The lowest BCUT2D eigenvalue weighted by molar-refractivity contribution is 0.101. The minimum Gasteiger partial charge on any atom is -0.361 e. The number of Topliss-reactive ketones (excluding diaryl/α,β-unsaturated/α-hetero) is 1. The third-order valence-electron chi connectivity index (χ3n) is 4.78. The Bertz CT molecular complexity index is 1000. The zero-order valence-corrected chi connectivity index (χ0v) is 14.0.